The van der Waals surface area contributed by atoms with Gasteiger partial charge in [-0.2, -0.15) is 0 Å². The quantitative estimate of drug-likeness (QED) is 0.380. The molecule has 0 saturated carbocycles. The standard InChI is InChI=1S/C14H18ClN3O2/c1-9-6-11(8-12(15)7-9)14(19)18-4-2-10(3-5-18)13(16)17-20/h6-8,10,20H,2-5H2,1H3,(H2,16,17). The Kier molecular flexibility index (Phi) is 4.49. The van der Waals surface area contributed by atoms with E-state index < -0.39 is 0 Å². The second kappa shape index (κ2) is 6.13. The lowest BCUT2D eigenvalue weighted by atomic mass is 9.95. The molecule has 1 aromatic rings. The Morgan fingerprint density at radius 3 is 2.60 bits per heavy atom. The Labute approximate surface area is 123 Å². The third-order valence-electron chi connectivity index (χ3n) is 3.60. The van der Waals surface area contributed by atoms with Crippen molar-refractivity contribution in [3.8, 4) is 0 Å². The molecule has 0 bridgehead atoms. The van der Waals surface area contributed by atoms with Crippen molar-refractivity contribution in [1.82, 2.24) is 4.90 Å². The summed E-state index contributed by atoms with van der Waals surface area (Å²) in [5.41, 5.74) is 7.17. The van der Waals surface area contributed by atoms with Crippen LogP contribution in [0.15, 0.2) is 23.4 Å². The van der Waals surface area contributed by atoms with Crippen LogP contribution in [0.3, 0.4) is 0 Å². The number of oxime groups is 1. The Balaban J connectivity index is 2.05. The minimum atomic E-state index is -0.0199. The second-order valence-electron chi connectivity index (χ2n) is 5.11. The van der Waals surface area contributed by atoms with Crippen molar-refractivity contribution in [2.24, 2.45) is 16.8 Å². The number of hydrogen-bond acceptors (Lipinski definition) is 3. The molecule has 1 fully saturated rings. The molecule has 0 aromatic heterocycles. The van der Waals surface area contributed by atoms with E-state index in [0.717, 1.165) is 5.56 Å². The van der Waals surface area contributed by atoms with E-state index >= 15 is 0 Å². The second-order valence-corrected chi connectivity index (χ2v) is 5.55. The van der Waals surface area contributed by atoms with Gasteiger partial charge in [0.2, 0.25) is 0 Å². The number of likely N-dealkylation sites (tertiary alicyclic amines) is 1. The summed E-state index contributed by atoms with van der Waals surface area (Å²) in [6.07, 6.45) is 1.42. The summed E-state index contributed by atoms with van der Waals surface area (Å²) in [7, 11) is 0. The van der Waals surface area contributed by atoms with Crippen LogP contribution in [0.4, 0.5) is 0 Å². The topological polar surface area (TPSA) is 78.9 Å². The van der Waals surface area contributed by atoms with E-state index in [4.69, 9.17) is 22.5 Å². The van der Waals surface area contributed by atoms with Crippen LogP contribution in [0.5, 0.6) is 0 Å². The van der Waals surface area contributed by atoms with Crippen LogP contribution in [0, 0.1) is 12.8 Å². The molecule has 1 aliphatic heterocycles. The highest BCUT2D eigenvalue weighted by Crippen LogP contribution is 2.21. The van der Waals surface area contributed by atoms with Crippen molar-refractivity contribution in [2.45, 2.75) is 19.8 Å². The van der Waals surface area contributed by atoms with E-state index in [1.807, 2.05) is 19.1 Å². The number of halogens is 1. The number of benzene rings is 1. The minimum Gasteiger partial charge on any atom is -0.409 e. The number of carbonyl (C=O) groups is 1. The first-order valence-corrected chi connectivity index (χ1v) is 6.93. The van der Waals surface area contributed by atoms with Gasteiger partial charge in [0, 0.05) is 29.6 Å². The average molecular weight is 296 g/mol. The summed E-state index contributed by atoms with van der Waals surface area (Å²) < 4.78 is 0. The van der Waals surface area contributed by atoms with Gasteiger partial charge in [0.15, 0.2) is 0 Å². The number of aryl methyl sites for hydroxylation is 1. The maximum atomic E-state index is 12.4. The van der Waals surface area contributed by atoms with E-state index in [0.29, 0.717) is 36.5 Å². The molecule has 0 atom stereocenters. The van der Waals surface area contributed by atoms with Crippen molar-refractivity contribution in [1.29, 1.82) is 0 Å². The van der Waals surface area contributed by atoms with Crippen LogP contribution in [-0.4, -0.2) is 34.9 Å². The molecule has 0 unspecified atom stereocenters. The number of rotatable bonds is 2. The lowest BCUT2D eigenvalue weighted by Crippen LogP contribution is -2.41. The van der Waals surface area contributed by atoms with Gasteiger partial charge in [0.1, 0.15) is 5.84 Å². The monoisotopic (exact) mass is 295 g/mol. The molecular formula is C14H18ClN3O2. The maximum Gasteiger partial charge on any atom is 0.253 e. The Hall–Kier alpha value is -1.75. The van der Waals surface area contributed by atoms with Gasteiger partial charge in [0.05, 0.1) is 0 Å². The molecule has 20 heavy (non-hydrogen) atoms. The molecule has 0 aliphatic carbocycles. The highest BCUT2D eigenvalue weighted by molar-refractivity contribution is 6.31. The molecule has 1 aliphatic rings. The normalized spacial score (nSPS) is 17.3. The van der Waals surface area contributed by atoms with Crippen LogP contribution in [0.2, 0.25) is 5.02 Å². The molecular weight excluding hydrogens is 278 g/mol. The van der Waals surface area contributed by atoms with Crippen molar-refractivity contribution in [2.75, 3.05) is 13.1 Å². The fourth-order valence-electron chi connectivity index (χ4n) is 2.50. The first-order chi connectivity index (χ1) is 9.51. The molecule has 5 nitrogen and oxygen atoms in total. The summed E-state index contributed by atoms with van der Waals surface area (Å²) in [4.78, 5) is 14.2. The Morgan fingerprint density at radius 2 is 2.05 bits per heavy atom. The van der Waals surface area contributed by atoms with Gasteiger partial charge >= 0.3 is 0 Å². The highest BCUT2D eigenvalue weighted by Gasteiger charge is 2.26. The molecule has 6 heteroatoms. The number of nitrogens with two attached hydrogens (primary N) is 1. The van der Waals surface area contributed by atoms with Crippen LogP contribution in [0.1, 0.15) is 28.8 Å². The van der Waals surface area contributed by atoms with E-state index in [-0.39, 0.29) is 17.7 Å². The SMILES string of the molecule is Cc1cc(Cl)cc(C(=O)N2CCC(/C(N)=N/O)CC2)c1. The van der Waals surface area contributed by atoms with Crippen LogP contribution in [-0.2, 0) is 0 Å². The van der Waals surface area contributed by atoms with Crippen LogP contribution >= 0.6 is 11.6 Å². The van der Waals surface area contributed by atoms with Gasteiger partial charge in [-0.1, -0.05) is 16.8 Å². The molecule has 0 radical (unpaired) electrons. The Bertz CT molecular complexity index is 517. The van der Waals surface area contributed by atoms with Gasteiger partial charge in [-0.05, 0) is 43.5 Å². The number of amides is 1. The molecule has 0 spiro atoms. The number of carbonyl (C=O) groups excluding carboxylic acids is 1. The van der Waals surface area contributed by atoms with Crippen molar-refractivity contribution >= 4 is 23.3 Å². The first kappa shape index (κ1) is 14.7. The summed E-state index contributed by atoms with van der Waals surface area (Å²) in [6, 6.07) is 5.35. The summed E-state index contributed by atoms with van der Waals surface area (Å²) in [6.45, 7) is 3.11. The largest absolute Gasteiger partial charge is 0.409 e. The van der Waals surface area contributed by atoms with E-state index in [2.05, 4.69) is 5.16 Å². The fourth-order valence-corrected chi connectivity index (χ4v) is 2.79. The highest BCUT2D eigenvalue weighted by atomic mass is 35.5. The zero-order chi connectivity index (χ0) is 14.7. The molecule has 2 rings (SSSR count). The molecule has 108 valence electrons. The predicted molar refractivity (Wildman–Crippen MR) is 78.2 cm³/mol. The predicted octanol–water partition coefficient (Wildman–Crippen LogP) is 2.25. The number of amidine groups is 1. The third kappa shape index (κ3) is 3.22. The lowest BCUT2D eigenvalue weighted by Gasteiger charge is -2.31. The minimum absolute atomic E-state index is 0.0199. The van der Waals surface area contributed by atoms with Gasteiger partial charge in [0.25, 0.3) is 5.91 Å². The van der Waals surface area contributed by atoms with Crippen molar-refractivity contribution < 1.29 is 10.0 Å². The summed E-state index contributed by atoms with van der Waals surface area (Å²) >= 11 is 5.99. The fraction of sp³-hybridized carbons (Fsp3) is 0.429. The molecule has 3 N–H and O–H groups in total. The van der Waals surface area contributed by atoms with E-state index in [9.17, 15) is 4.79 Å². The summed E-state index contributed by atoms with van der Waals surface area (Å²) in [5.74, 6) is 0.273. The molecule has 1 saturated heterocycles. The average Bonchev–Trinajstić information content (AvgIpc) is 2.45. The van der Waals surface area contributed by atoms with Crippen LogP contribution < -0.4 is 5.73 Å². The summed E-state index contributed by atoms with van der Waals surface area (Å²) in [5, 5.41) is 12.3. The zero-order valence-corrected chi connectivity index (χ0v) is 12.1. The van der Waals surface area contributed by atoms with Gasteiger partial charge < -0.3 is 15.8 Å². The Morgan fingerprint density at radius 1 is 1.40 bits per heavy atom. The zero-order valence-electron chi connectivity index (χ0n) is 11.3. The maximum absolute atomic E-state index is 12.4. The van der Waals surface area contributed by atoms with E-state index in [1.54, 1.807) is 11.0 Å². The van der Waals surface area contributed by atoms with Crippen molar-refractivity contribution in [3.05, 3.63) is 34.3 Å². The third-order valence-corrected chi connectivity index (χ3v) is 3.82. The van der Waals surface area contributed by atoms with Gasteiger partial charge in [-0.25, -0.2) is 0 Å². The smallest absolute Gasteiger partial charge is 0.253 e. The number of piperidine rings is 1. The molecule has 1 amide bonds. The van der Waals surface area contributed by atoms with Gasteiger partial charge in [-0.3, -0.25) is 4.79 Å². The first-order valence-electron chi connectivity index (χ1n) is 6.55. The van der Waals surface area contributed by atoms with Crippen molar-refractivity contribution in [3.63, 3.8) is 0 Å². The molecule has 1 heterocycles. The molecule has 1 aromatic carbocycles. The van der Waals surface area contributed by atoms with E-state index in [1.165, 1.54) is 0 Å². The number of nitrogens with zero attached hydrogens (tertiary/aromatic N) is 2. The van der Waals surface area contributed by atoms with Gasteiger partial charge in [-0.15, -0.1) is 0 Å². The lowest BCUT2D eigenvalue weighted by molar-refractivity contribution is 0.0709. The number of hydrogen-bond donors (Lipinski definition) is 2. The van der Waals surface area contributed by atoms with Crippen LogP contribution in [0.25, 0.3) is 0 Å².